The van der Waals surface area contributed by atoms with E-state index in [1.807, 2.05) is 53.4 Å². The van der Waals surface area contributed by atoms with Gasteiger partial charge in [-0.3, -0.25) is 9.69 Å². The molecule has 1 fully saturated rings. The van der Waals surface area contributed by atoms with Crippen LogP contribution in [0.1, 0.15) is 30.0 Å². The van der Waals surface area contributed by atoms with Gasteiger partial charge in [-0.1, -0.05) is 48.5 Å². The van der Waals surface area contributed by atoms with E-state index >= 15 is 0 Å². The van der Waals surface area contributed by atoms with E-state index in [0.717, 1.165) is 30.6 Å². The van der Waals surface area contributed by atoms with Crippen LogP contribution in [0.5, 0.6) is 0 Å². The number of amides is 3. The van der Waals surface area contributed by atoms with Gasteiger partial charge < -0.3 is 10.2 Å². The van der Waals surface area contributed by atoms with Gasteiger partial charge in [0.1, 0.15) is 0 Å². The number of nitrogens with zero attached hydrogens (tertiary/aromatic N) is 2. The highest BCUT2D eigenvalue weighted by Gasteiger charge is 2.29. The lowest BCUT2D eigenvalue weighted by atomic mass is 10.1. The molecule has 3 amide bonds. The average molecular weight is 349 g/mol. The Hall–Kier alpha value is -2.82. The van der Waals surface area contributed by atoms with E-state index in [1.54, 1.807) is 4.90 Å². The fourth-order valence-electron chi connectivity index (χ4n) is 3.81. The van der Waals surface area contributed by atoms with Crippen LogP contribution < -0.4 is 10.2 Å². The Morgan fingerprint density at radius 1 is 1.00 bits per heavy atom. The highest BCUT2D eigenvalue weighted by molar-refractivity contribution is 5.94. The van der Waals surface area contributed by atoms with Crippen molar-refractivity contribution in [1.82, 2.24) is 10.2 Å². The molecule has 2 aromatic carbocycles. The number of carbonyl (C=O) groups excluding carboxylic acids is 2. The van der Waals surface area contributed by atoms with Crippen LogP contribution >= 0.6 is 0 Å². The van der Waals surface area contributed by atoms with Crippen LogP contribution in [0, 0.1) is 0 Å². The molecular formula is C21H23N3O2. The predicted molar refractivity (Wildman–Crippen MR) is 101 cm³/mol. The molecule has 0 spiro atoms. The largest absolute Gasteiger partial charge is 0.340 e. The zero-order valence-electron chi connectivity index (χ0n) is 14.7. The van der Waals surface area contributed by atoms with Gasteiger partial charge in [-0.25, -0.2) is 4.79 Å². The van der Waals surface area contributed by atoms with Gasteiger partial charge in [0.2, 0.25) is 5.91 Å². The normalized spacial score (nSPS) is 17.3. The number of nitrogens with one attached hydrogen (secondary N) is 1. The summed E-state index contributed by atoms with van der Waals surface area (Å²) in [7, 11) is 0. The summed E-state index contributed by atoms with van der Waals surface area (Å²) in [5.74, 6) is 0.173. The van der Waals surface area contributed by atoms with Crippen LogP contribution in [0.4, 0.5) is 10.5 Å². The molecule has 2 aliphatic heterocycles. The van der Waals surface area contributed by atoms with Crippen molar-refractivity contribution in [2.75, 3.05) is 24.5 Å². The molecule has 0 radical (unpaired) electrons. The molecule has 0 aliphatic carbocycles. The molecule has 134 valence electrons. The van der Waals surface area contributed by atoms with Gasteiger partial charge in [0.25, 0.3) is 0 Å². The van der Waals surface area contributed by atoms with Gasteiger partial charge in [0, 0.05) is 31.7 Å². The lowest BCUT2D eigenvalue weighted by Gasteiger charge is -2.27. The molecule has 2 heterocycles. The first-order valence-electron chi connectivity index (χ1n) is 9.21. The minimum atomic E-state index is -0.210. The first-order valence-corrected chi connectivity index (χ1v) is 9.21. The molecule has 0 bridgehead atoms. The zero-order chi connectivity index (χ0) is 17.9. The van der Waals surface area contributed by atoms with Crippen LogP contribution in [0.15, 0.2) is 54.6 Å². The predicted octanol–water partition coefficient (Wildman–Crippen LogP) is 3.12. The number of carbonyl (C=O) groups is 2. The Labute approximate surface area is 153 Å². The van der Waals surface area contributed by atoms with Crippen LogP contribution in [-0.2, 0) is 11.2 Å². The van der Waals surface area contributed by atoms with Crippen molar-refractivity contribution >= 4 is 17.6 Å². The van der Waals surface area contributed by atoms with Gasteiger partial charge in [-0.15, -0.1) is 0 Å². The van der Waals surface area contributed by atoms with Crippen molar-refractivity contribution in [3.63, 3.8) is 0 Å². The first-order chi connectivity index (χ1) is 12.7. The number of rotatable bonds is 4. The number of para-hydroxylation sites is 1. The smallest absolute Gasteiger partial charge is 0.322 e. The van der Waals surface area contributed by atoms with E-state index in [0.29, 0.717) is 19.5 Å². The highest BCUT2D eigenvalue weighted by Crippen LogP contribution is 2.28. The van der Waals surface area contributed by atoms with E-state index < -0.39 is 0 Å². The van der Waals surface area contributed by atoms with Crippen molar-refractivity contribution in [2.45, 2.75) is 25.3 Å². The van der Waals surface area contributed by atoms with Crippen molar-refractivity contribution in [2.24, 2.45) is 0 Å². The minimum absolute atomic E-state index is 0.101. The third-order valence-electron chi connectivity index (χ3n) is 5.21. The molecule has 1 saturated heterocycles. The number of fused-ring (bicyclic) bond motifs is 1. The molecule has 2 aromatic rings. The average Bonchev–Trinajstić information content (AvgIpc) is 3.28. The van der Waals surface area contributed by atoms with Gasteiger partial charge >= 0.3 is 6.03 Å². The molecule has 0 unspecified atom stereocenters. The second kappa shape index (κ2) is 7.20. The maximum Gasteiger partial charge on any atom is 0.322 e. The summed E-state index contributed by atoms with van der Waals surface area (Å²) in [6.45, 7) is 1.98. The van der Waals surface area contributed by atoms with E-state index in [9.17, 15) is 9.59 Å². The standard InChI is InChI=1S/C21H23N3O2/c25-20-11-6-13-23(20)15-18(16-7-2-1-3-8-16)22-21(26)24-14-12-17-9-4-5-10-19(17)24/h1-5,7-10,18H,6,11-15H2,(H,22,26)/t18-/m1/s1. The summed E-state index contributed by atoms with van der Waals surface area (Å²) in [4.78, 5) is 28.7. The third kappa shape index (κ3) is 3.29. The van der Waals surface area contributed by atoms with Crippen molar-refractivity contribution in [1.29, 1.82) is 0 Å². The Morgan fingerprint density at radius 2 is 1.77 bits per heavy atom. The molecule has 0 aromatic heterocycles. The number of benzene rings is 2. The molecule has 1 N–H and O–H groups in total. The number of anilines is 1. The fraction of sp³-hybridized carbons (Fsp3) is 0.333. The van der Waals surface area contributed by atoms with Gasteiger partial charge in [-0.05, 0) is 30.0 Å². The lowest BCUT2D eigenvalue weighted by molar-refractivity contribution is -0.128. The van der Waals surface area contributed by atoms with Gasteiger partial charge in [0.05, 0.1) is 6.04 Å². The summed E-state index contributed by atoms with van der Waals surface area (Å²) in [5, 5.41) is 3.16. The molecule has 5 heteroatoms. The fourth-order valence-corrected chi connectivity index (χ4v) is 3.81. The number of urea groups is 1. The summed E-state index contributed by atoms with van der Waals surface area (Å²) < 4.78 is 0. The molecular weight excluding hydrogens is 326 g/mol. The van der Waals surface area contributed by atoms with Crippen LogP contribution in [-0.4, -0.2) is 36.5 Å². The Balaban J connectivity index is 1.53. The van der Waals surface area contributed by atoms with Crippen molar-refractivity contribution < 1.29 is 9.59 Å². The van der Waals surface area contributed by atoms with E-state index in [-0.39, 0.29) is 18.0 Å². The van der Waals surface area contributed by atoms with Gasteiger partial charge in [-0.2, -0.15) is 0 Å². The van der Waals surface area contributed by atoms with Gasteiger partial charge in [0.15, 0.2) is 0 Å². The summed E-state index contributed by atoms with van der Waals surface area (Å²) >= 11 is 0. The molecule has 4 rings (SSSR count). The van der Waals surface area contributed by atoms with Crippen molar-refractivity contribution in [3.8, 4) is 0 Å². The number of hydrogen-bond acceptors (Lipinski definition) is 2. The topological polar surface area (TPSA) is 52.7 Å². The second-order valence-corrected chi connectivity index (χ2v) is 6.89. The summed E-state index contributed by atoms with van der Waals surface area (Å²) in [6, 6.07) is 17.6. The SMILES string of the molecule is O=C1CCCN1C[C@@H](NC(=O)N1CCc2ccccc21)c1ccccc1. The lowest BCUT2D eigenvalue weighted by Crippen LogP contribution is -2.44. The number of likely N-dealkylation sites (tertiary alicyclic amines) is 1. The Kier molecular flexibility index (Phi) is 4.61. The minimum Gasteiger partial charge on any atom is -0.340 e. The quantitative estimate of drug-likeness (QED) is 0.922. The van der Waals surface area contributed by atoms with Crippen LogP contribution in [0.25, 0.3) is 0 Å². The van der Waals surface area contributed by atoms with E-state index in [1.165, 1.54) is 5.56 Å². The molecule has 5 nitrogen and oxygen atoms in total. The molecule has 2 aliphatic rings. The maximum atomic E-state index is 13.0. The summed E-state index contributed by atoms with van der Waals surface area (Å²) in [5.41, 5.74) is 3.20. The monoisotopic (exact) mass is 349 g/mol. The van der Waals surface area contributed by atoms with E-state index in [4.69, 9.17) is 0 Å². The second-order valence-electron chi connectivity index (χ2n) is 6.89. The third-order valence-corrected chi connectivity index (χ3v) is 5.21. The maximum absolute atomic E-state index is 13.0. The van der Waals surface area contributed by atoms with Crippen LogP contribution in [0.3, 0.4) is 0 Å². The first kappa shape index (κ1) is 16.6. The highest BCUT2D eigenvalue weighted by atomic mass is 16.2. The van der Waals surface area contributed by atoms with Crippen molar-refractivity contribution in [3.05, 3.63) is 65.7 Å². The summed E-state index contributed by atoms with van der Waals surface area (Å²) in [6.07, 6.45) is 2.38. The van der Waals surface area contributed by atoms with E-state index in [2.05, 4.69) is 11.4 Å². The Morgan fingerprint density at radius 3 is 2.54 bits per heavy atom. The molecule has 26 heavy (non-hydrogen) atoms. The number of hydrogen-bond donors (Lipinski definition) is 1. The molecule has 0 saturated carbocycles. The molecule has 1 atom stereocenters. The Bertz CT molecular complexity index is 806. The zero-order valence-corrected chi connectivity index (χ0v) is 14.7. The van der Waals surface area contributed by atoms with Crippen LogP contribution in [0.2, 0.25) is 0 Å².